The Bertz CT molecular complexity index is 1190. The van der Waals surface area contributed by atoms with Crippen LogP contribution < -0.4 is 11.1 Å². The zero-order chi connectivity index (χ0) is 23.6. The molecule has 3 N–H and O–H groups in total. The highest BCUT2D eigenvalue weighted by Gasteiger charge is 2.62. The molecule has 170 valence electrons. The largest absolute Gasteiger partial charge is 0.465 e. The zero-order valence-electron chi connectivity index (χ0n) is 18.0. The topological polar surface area (TPSA) is 126 Å². The molecule has 0 aliphatic carbocycles. The van der Waals surface area contributed by atoms with E-state index in [4.69, 9.17) is 24.7 Å². The lowest BCUT2D eigenvalue weighted by molar-refractivity contribution is -0.143. The number of para-hydroxylation sites is 1. The van der Waals surface area contributed by atoms with E-state index in [-0.39, 0.29) is 36.0 Å². The number of methoxy groups -OCH3 is 2. The monoisotopic (exact) mass is 450 g/mol. The van der Waals surface area contributed by atoms with Gasteiger partial charge < -0.3 is 30.0 Å². The van der Waals surface area contributed by atoms with Crippen LogP contribution in [0.2, 0.25) is 0 Å². The second-order valence-corrected chi connectivity index (χ2v) is 7.38. The number of ether oxygens (including phenoxy) is 4. The van der Waals surface area contributed by atoms with Gasteiger partial charge in [0, 0.05) is 18.4 Å². The summed E-state index contributed by atoms with van der Waals surface area (Å²) in [7, 11) is 2.55. The molecule has 33 heavy (non-hydrogen) atoms. The Hall–Kier alpha value is -4.11. The highest BCUT2D eigenvalue weighted by molar-refractivity contribution is 6.21. The van der Waals surface area contributed by atoms with Gasteiger partial charge in [0.05, 0.1) is 7.11 Å². The lowest BCUT2D eigenvalue weighted by atomic mass is 9.67. The summed E-state index contributed by atoms with van der Waals surface area (Å²) in [6, 6.07) is 15.7. The number of fused-ring (bicyclic) bond motifs is 2. The molecular weight excluding hydrogens is 428 g/mol. The average Bonchev–Trinajstić information content (AvgIpc) is 3.10. The summed E-state index contributed by atoms with van der Waals surface area (Å²) in [5.41, 5.74) is 5.18. The van der Waals surface area contributed by atoms with Crippen molar-refractivity contribution < 1.29 is 33.3 Å². The van der Waals surface area contributed by atoms with Crippen LogP contribution >= 0.6 is 0 Å². The molecule has 2 aliphatic rings. The van der Waals surface area contributed by atoms with E-state index in [1.165, 1.54) is 7.11 Å². The molecule has 0 fully saturated rings. The SMILES string of the molecule is COCC1=C(C(=O)OCc2ccccc2)[C@]2(C(=O)Nc3ccccc32)C(C(=O)OC)=C(N)O1. The first kappa shape index (κ1) is 22.1. The molecule has 9 nitrogen and oxygen atoms in total. The van der Waals surface area contributed by atoms with Gasteiger partial charge in [0.1, 0.15) is 35.5 Å². The van der Waals surface area contributed by atoms with Gasteiger partial charge in [-0.05, 0) is 11.6 Å². The van der Waals surface area contributed by atoms with Crippen LogP contribution in [-0.4, -0.2) is 38.7 Å². The summed E-state index contributed by atoms with van der Waals surface area (Å²) in [6.07, 6.45) is 0. The number of amides is 1. The predicted octanol–water partition coefficient (Wildman–Crippen LogP) is 1.89. The van der Waals surface area contributed by atoms with Gasteiger partial charge in [-0.15, -0.1) is 0 Å². The van der Waals surface area contributed by atoms with E-state index in [1.807, 2.05) is 18.2 Å². The summed E-state index contributed by atoms with van der Waals surface area (Å²) >= 11 is 0. The first-order valence-electron chi connectivity index (χ1n) is 10.1. The summed E-state index contributed by atoms with van der Waals surface area (Å²) in [4.78, 5) is 40.0. The van der Waals surface area contributed by atoms with Crippen molar-refractivity contribution in [2.75, 3.05) is 26.1 Å². The van der Waals surface area contributed by atoms with E-state index in [9.17, 15) is 14.4 Å². The first-order chi connectivity index (χ1) is 15.9. The van der Waals surface area contributed by atoms with Crippen LogP contribution in [0.5, 0.6) is 0 Å². The van der Waals surface area contributed by atoms with Crippen LogP contribution in [0.25, 0.3) is 0 Å². The second-order valence-electron chi connectivity index (χ2n) is 7.38. The standard InChI is InChI=1S/C24H22N2O7/c1-30-13-17-18(22(28)32-12-14-8-4-3-5-9-14)24(19(20(25)33-17)21(27)31-2)15-10-6-7-11-16(15)26-23(24)29/h3-11H,12-13,25H2,1-2H3,(H,26,29)/t24-/m0/s1. The molecule has 1 spiro atoms. The van der Waals surface area contributed by atoms with Crippen molar-refractivity contribution in [3.8, 4) is 0 Å². The molecule has 2 aromatic rings. The minimum atomic E-state index is -1.94. The minimum Gasteiger partial charge on any atom is -0.465 e. The van der Waals surface area contributed by atoms with Crippen LogP contribution in [0.15, 0.2) is 77.4 Å². The highest BCUT2D eigenvalue weighted by Crippen LogP contribution is 2.52. The van der Waals surface area contributed by atoms with E-state index in [1.54, 1.807) is 36.4 Å². The van der Waals surface area contributed by atoms with E-state index >= 15 is 0 Å². The fourth-order valence-electron chi connectivity index (χ4n) is 4.16. The summed E-state index contributed by atoms with van der Waals surface area (Å²) in [6.45, 7) is -0.252. The molecule has 9 heteroatoms. The number of nitrogens with one attached hydrogen (secondary N) is 1. The van der Waals surface area contributed by atoms with Gasteiger partial charge in [0.2, 0.25) is 11.8 Å². The van der Waals surface area contributed by atoms with E-state index in [0.29, 0.717) is 11.3 Å². The molecular formula is C24H22N2O7. The molecule has 2 heterocycles. The maximum atomic E-state index is 13.6. The van der Waals surface area contributed by atoms with Crippen molar-refractivity contribution in [3.05, 3.63) is 88.5 Å². The van der Waals surface area contributed by atoms with Crippen molar-refractivity contribution in [1.29, 1.82) is 0 Å². The molecule has 0 bridgehead atoms. The van der Waals surface area contributed by atoms with Gasteiger partial charge in [-0.1, -0.05) is 48.5 Å². The van der Waals surface area contributed by atoms with Crippen molar-refractivity contribution in [3.63, 3.8) is 0 Å². The number of rotatable bonds is 6. The Morgan fingerprint density at radius 3 is 2.36 bits per heavy atom. The van der Waals surface area contributed by atoms with E-state index in [2.05, 4.69) is 5.32 Å². The quantitative estimate of drug-likeness (QED) is 0.639. The molecule has 0 unspecified atom stereocenters. The number of anilines is 1. The predicted molar refractivity (Wildman–Crippen MR) is 116 cm³/mol. The first-order valence-corrected chi connectivity index (χ1v) is 10.1. The van der Waals surface area contributed by atoms with Gasteiger partial charge in [0.25, 0.3) is 0 Å². The Morgan fingerprint density at radius 2 is 1.67 bits per heavy atom. The molecule has 2 aromatic carbocycles. The number of benzene rings is 2. The van der Waals surface area contributed by atoms with Gasteiger partial charge in [-0.25, -0.2) is 9.59 Å². The number of esters is 2. The van der Waals surface area contributed by atoms with Crippen LogP contribution in [0.3, 0.4) is 0 Å². The third-order valence-electron chi connectivity index (χ3n) is 5.51. The Labute approximate surface area is 189 Å². The van der Waals surface area contributed by atoms with Crippen molar-refractivity contribution >= 4 is 23.5 Å². The normalized spacial score (nSPS) is 19.2. The minimum absolute atomic E-state index is 0.0347. The summed E-state index contributed by atoms with van der Waals surface area (Å²) < 4.78 is 21.3. The fourth-order valence-corrected chi connectivity index (χ4v) is 4.16. The molecule has 4 rings (SSSR count). The fraction of sp³-hybridized carbons (Fsp3) is 0.208. The van der Waals surface area contributed by atoms with Crippen LogP contribution in [0, 0.1) is 0 Å². The molecule has 2 aliphatic heterocycles. The number of carbonyl (C=O) groups is 3. The molecule has 0 radical (unpaired) electrons. The van der Waals surface area contributed by atoms with Crippen molar-refractivity contribution in [1.82, 2.24) is 0 Å². The van der Waals surface area contributed by atoms with Gasteiger partial charge in [-0.2, -0.15) is 0 Å². The third kappa shape index (κ3) is 3.52. The maximum Gasteiger partial charge on any atom is 0.340 e. The lowest BCUT2D eigenvalue weighted by Gasteiger charge is -2.35. The zero-order valence-corrected chi connectivity index (χ0v) is 18.0. The van der Waals surface area contributed by atoms with Crippen molar-refractivity contribution in [2.45, 2.75) is 12.0 Å². The summed E-state index contributed by atoms with van der Waals surface area (Å²) in [5, 5.41) is 2.73. The van der Waals surface area contributed by atoms with Gasteiger partial charge in [0.15, 0.2) is 0 Å². The Morgan fingerprint density at radius 1 is 0.970 bits per heavy atom. The number of hydrogen-bond acceptors (Lipinski definition) is 8. The molecule has 0 aromatic heterocycles. The summed E-state index contributed by atoms with van der Waals surface area (Å²) in [5.74, 6) is -2.82. The van der Waals surface area contributed by atoms with Crippen LogP contribution in [-0.2, 0) is 45.4 Å². The molecule has 0 saturated heterocycles. The maximum absolute atomic E-state index is 13.6. The molecule has 1 atom stereocenters. The Kier molecular flexibility index (Phi) is 5.89. The number of hydrogen-bond donors (Lipinski definition) is 2. The van der Waals surface area contributed by atoms with E-state index in [0.717, 1.165) is 12.7 Å². The second kappa shape index (κ2) is 8.79. The highest BCUT2D eigenvalue weighted by atomic mass is 16.6. The Balaban J connectivity index is 1.92. The number of nitrogens with two attached hydrogens (primary N) is 1. The van der Waals surface area contributed by atoms with Gasteiger partial charge in [-0.3, -0.25) is 4.79 Å². The molecule has 0 saturated carbocycles. The van der Waals surface area contributed by atoms with Crippen molar-refractivity contribution in [2.24, 2.45) is 5.73 Å². The van der Waals surface area contributed by atoms with Gasteiger partial charge >= 0.3 is 11.9 Å². The third-order valence-corrected chi connectivity index (χ3v) is 5.51. The molecule has 1 amide bonds. The van der Waals surface area contributed by atoms with E-state index < -0.39 is 23.3 Å². The average molecular weight is 450 g/mol. The lowest BCUT2D eigenvalue weighted by Crippen LogP contribution is -2.49. The smallest absolute Gasteiger partial charge is 0.340 e. The van der Waals surface area contributed by atoms with Crippen LogP contribution in [0.1, 0.15) is 11.1 Å². The number of carbonyl (C=O) groups excluding carboxylic acids is 3. The van der Waals surface area contributed by atoms with Crippen LogP contribution in [0.4, 0.5) is 5.69 Å².